The lowest BCUT2D eigenvalue weighted by Crippen LogP contribution is -2.28. The smallest absolute Gasteiger partial charge is 0.252 e. The van der Waals surface area contributed by atoms with Crippen LogP contribution in [0.15, 0.2) is 52.1 Å². The first-order valence-electron chi connectivity index (χ1n) is 7.50. The van der Waals surface area contributed by atoms with E-state index in [-0.39, 0.29) is 11.8 Å². The average molecular weight is 348 g/mol. The Labute approximate surface area is 144 Å². The molecule has 0 unspecified atom stereocenters. The molecule has 0 radical (unpaired) electrons. The van der Waals surface area contributed by atoms with Gasteiger partial charge in [0.2, 0.25) is 5.91 Å². The van der Waals surface area contributed by atoms with Crippen LogP contribution in [0.5, 0.6) is 0 Å². The molecule has 0 fully saturated rings. The summed E-state index contributed by atoms with van der Waals surface area (Å²) in [5, 5.41) is 9.39. The quantitative estimate of drug-likeness (QED) is 0.540. The van der Waals surface area contributed by atoms with E-state index in [1.165, 1.54) is 16.2 Å². The Kier molecular flexibility index (Phi) is 7.69. The molecule has 2 N–H and O–H groups in total. The number of thiophene rings is 1. The molecule has 2 amide bonds. The van der Waals surface area contributed by atoms with Crippen molar-refractivity contribution in [3.63, 3.8) is 0 Å². The molecule has 0 aliphatic heterocycles. The van der Waals surface area contributed by atoms with Gasteiger partial charge < -0.3 is 10.6 Å². The van der Waals surface area contributed by atoms with Crippen molar-refractivity contribution < 1.29 is 9.59 Å². The fourth-order valence-corrected chi connectivity index (χ4v) is 3.34. The monoisotopic (exact) mass is 348 g/mol. The molecule has 23 heavy (non-hydrogen) atoms. The predicted octanol–water partition coefficient (Wildman–Crippen LogP) is 3.17. The van der Waals surface area contributed by atoms with Crippen molar-refractivity contribution in [2.24, 2.45) is 0 Å². The van der Waals surface area contributed by atoms with E-state index >= 15 is 0 Å². The summed E-state index contributed by atoms with van der Waals surface area (Å²) in [7, 11) is 0. The molecule has 2 aromatic rings. The number of amides is 2. The lowest BCUT2D eigenvalue weighted by Gasteiger charge is -2.06. The Hall–Kier alpha value is -1.79. The van der Waals surface area contributed by atoms with Crippen LogP contribution in [0.4, 0.5) is 0 Å². The number of nitrogens with one attached hydrogen (secondary N) is 2. The molecule has 2 rings (SSSR count). The SMILES string of the molecule is O=C(CCCNC(=O)c1ccsc1)NCCSc1ccccc1. The Morgan fingerprint density at radius 3 is 2.61 bits per heavy atom. The Morgan fingerprint density at radius 2 is 1.87 bits per heavy atom. The summed E-state index contributed by atoms with van der Waals surface area (Å²) in [4.78, 5) is 24.6. The van der Waals surface area contributed by atoms with E-state index in [2.05, 4.69) is 22.8 Å². The van der Waals surface area contributed by atoms with E-state index < -0.39 is 0 Å². The van der Waals surface area contributed by atoms with Gasteiger partial charge in [-0.15, -0.1) is 11.8 Å². The molecule has 4 nitrogen and oxygen atoms in total. The van der Waals surface area contributed by atoms with Gasteiger partial charge in [-0.3, -0.25) is 9.59 Å². The lowest BCUT2D eigenvalue weighted by molar-refractivity contribution is -0.121. The van der Waals surface area contributed by atoms with Crippen LogP contribution >= 0.6 is 23.1 Å². The highest BCUT2D eigenvalue weighted by molar-refractivity contribution is 7.99. The zero-order valence-electron chi connectivity index (χ0n) is 12.8. The normalized spacial score (nSPS) is 10.3. The van der Waals surface area contributed by atoms with Crippen LogP contribution in [-0.2, 0) is 4.79 Å². The molecule has 6 heteroatoms. The molecular formula is C17H20N2O2S2. The van der Waals surface area contributed by atoms with Crippen LogP contribution in [0.3, 0.4) is 0 Å². The van der Waals surface area contributed by atoms with Gasteiger partial charge in [0, 0.05) is 41.1 Å². The standard InChI is InChI=1S/C17H20N2O2S2/c20-16(18-10-12-23-15-5-2-1-3-6-15)7-4-9-19-17(21)14-8-11-22-13-14/h1-3,5-6,8,11,13H,4,7,9-10,12H2,(H,18,20)(H,19,21). The Balaban J connectivity index is 1.49. The van der Waals surface area contributed by atoms with E-state index in [4.69, 9.17) is 0 Å². The van der Waals surface area contributed by atoms with Crippen LogP contribution in [0.2, 0.25) is 0 Å². The molecule has 1 aromatic carbocycles. The summed E-state index contributed by atoms with van der Waals surface area (Å²) >= 11 is 3.22. The highest BCUT2D eigenvalue weighted by Crippen LogP contribution is 2.15. The molecule has 0 aliphatic rings. The molecule has 122 valence electrons. The number of rotatable bonds is 9. The maximum atomic E-state index is 11.7. The van der Waals surface area contributed by atoms with Crippen LogP contribution < -0.4 is 10.6 Å². The third-order valence-electron chi connectivity index (χ3n) is 3.09. The van der Waals surface area contributed by atoms with Crippen molar-refractivity contribution in [2.75, 3.05) is 18.8 Å². The van der Waals surface area contributed by atoms with Crippen LogP contribution in [-0.4, -0.2) is 30.7 Å². The van der Waals surface area contributed by atoms with Crippen molar-refractivity contribution >= 4 is 34.9 Å². The first-order chi connectivity index (χ1) is 11.3. The molecule has 0 bridgehead atoms. The van der Waals surface area contributed by atoms with Gasteiger partial charge in [-0.05, 0) is 30.0 Å². The maximum Gasteiger partial charge on any atom is 0.252 e. The third-order valence-corrected chi connectivity index (χ3v) is 4.78. The van der Waals surface area contributed by atoms with Gasteiger partial charge in [0.15, 0.2) is 0 Å². The summed E-state index contributed by atoms with van der Waals surface area (Å²) in [6.45, 7) is 1.17. The minimum atomic E-state index is -0.0779. The summed E-state index contributed by atoms with van der Waals surface area (Å²) in [6, 6.07) is 11.9. The van der Waals surface area contributed by atoms with E-state index in [1.807, 2.05) is 29.0 Å². The molecule has 0 saturated heterocycles. The zero-order valence-corrected chi connectivity index (χ0v) is 14.4. The van der Waals surface area contributed by atoms with Crippen molar-refractivity contribution in [1.82, 2.24) is 10.6 Å². The number of hydrogen-bond acceptors (Lipinski definition) is 4. The number of carbonyl (C=O) groups is 2. The fourth-order valence-electron chi connectivity index (χ4n) is 1.91. The first-order valence-corrected chi connectivity index (χ1v) is 9.43. The van der Waals surface area contributed by atoms with Gasteiger partial charge in [-0.1, -0.05) is 18.2 Å². The highest BCUT2D eigenvalue weighted by atomic mass is 32.2. The third kappa shape index (κ3) is 6.88. The van der Waals surface area contributed by atoms with E-state index in [9.17, 15) is 9.59 Å². The largest absolute Gasteiger partial charge is 0.355 e. The minimum absolute atomic E-state index is 0.0310. The van der Waals surface area contributed by atoms with Crippen LogP contribution in [0.25, 0.3) is 0 Å². The molecule has 0 aliphatic carbocycles. The molecule has 0 atom stereocenters. The van der Waals surface area contributed by atoms with Crippen molar-refractivity contribution in [3.8, 4) is 0 Å². The second-order valence-corrected chi connectivity index (χ2v) is 6.83. The summed E-state index contributed by atoms with van der Waals surface area (Å²) in [5.41, 5.74) is 0.678. The second-order valence-electron chi connectivity index (χ2n) is 4.88. The number of benzene rings is 1. The minimum Gasteiger partial charge on any atom is -0.355 e. The van der Waals surface area contributed by atoms with Crippen LogP contribution in [0, 0.1) is 0 Å². The zero-order chi connectivity index (χ0) is 16.3. The van der Waals surface area contributed by atoms with Gasteiger partial charge in [-0.2, -0.15) is 11.3 Å². The van der Waals surface area contributed by atoms with Crippen molar-refractivity contribution in [1.29, 1.82) is 0 Å². The molecule has 1 heterocycles. The fraction of sp³-hybridized carbons (Fsp3) is 0.294. The van der Waals surface area contributed by atoms with Crippen molar-refractivity contribution in [3.05, 3.63) is 52.7 Å². The average Bonchev–Trinajstić information content (AvgIpc) is 3.11. The predicted molar refractivity (Wildman–Crippen MR) is 96.1 cm³/mol. The van der Waals surface area contributed by atoms with E-state index in [0.717, 1.165) is 5.75 Å². The second kappa shape index (κ2) is 10.1. The van der Waals surface area contributed by atoms with Gasteiger partial charge in [0.25, 0.3) is 5.91 Å². The van der Waals surface area contributed by atoms with E-state index in [1.54, 1.807) is 17.8 Å². The highest BCUT2D eigenvalue weighted by Gasteiger charge is 2.05. The van der Waals surface area contributed by atoms with Gasteiger partial charge in [0.05, 0.1) is 0 Å². The summed E-state index contributed by atoms with van der Waals surface area (Å²) < 4.78 is 0. The van der Waals surface area contributed by atoms with Crippen molar-refractivity contribution in [2.45, 2.75) is 17.7 Å². The van der Waals surface area contributed by atoms with Gasteiger partial charge in [0.1, 0.15) is 0 Å². The molecule has 0 spiro atoms. The molecular weight excluding hydrogens is 328 g/mol. The Morgan fingerprint density at radius 1 is 1.04 bits per heavy atom. The summed E-state index contributed by atoms with van der Waals surface area (Å²) in [6.07, 6.45) is 1.08. The molecule has 0 saturated carbocycles. The van der Waals surface area contributed by atoms with Gasteiger partial charge in [-0.25, -0.2) is 0 Å². The Bertz CT molecular complexity index is 600. The molecule has 1 aromatic heterocycles. The number of carbonyl (C=O) groups excluding carboxylic acids is 2. The van der Waals surface area contributed by atoms with E-state index in [0.29, 0.717) is 31.5 Å². The first kappa shape index (κ1) is 17.6. The number of thioether (sulfide) groups is 1. The van der Waals surface area contributed by atoms with Crippen LogP contribution in [0.1, 0.15) is 23.2 Å². The summed E-state index contributed by atoms with van der Waals surface area (Å²) in [5.74, 6) is 0.805. The topological polar surface area (TPSA) is 58.2 Å². The number of hydrogen-bond donors (Lipinski definition) is 2. The van der Waals surface area contributed by atoms with Gasteiger partial charge >= 0.3 is 0 Å². The maximum absolute atomic E-state index is 11.7. The lowest BCUT2D eigenvalue weighted by atomic mass is 10.2.